The maximum atomic E-state index is 12.1. The number of carbonyl (C=O) groups is 2. The van der Waals surface area contributed by atoms with E-state index in [1.54, 1.807) is 54.6 Å². The van der Waals surface area contributed by atoms with Gasteiger partial charge < -0.3 is 9.84 Å². The van der Waals surface area contributed by atoms with E-state index in [2.05, 4.69) is 0 Å². The fourth-order valence-corrected chi connectivity index (χ4v) is 2.43. The minimum atomic E-state index is -0.975. The molecule has 1 unspecified atom stereocenters. The number of halogens is 1. The second kappa shape index (κ2) is 5.66. The number of aliphatic hydroxyl groups is 1. The number of esters is 1. The molecule has 1 saturated heterocycles. The van der Waals surface area contributed by atoms with Gasteiger partial charge in [0.05, 0.1) is 5.57 Å². The molecule has 4 nitrogen and oxygen atoms in total. The second-order valence-corrected chi connectivity index (χ2v) is 5.23. The SMILES string of the molecule is O=C1OC(c2ccc(Cl)cc2)/C(=C(\O)c2ccccc2)C1=O. The lowest BCUT2D eigenvalue weighted by molar-refractivity contribution is -0.149. The summed E-state index contributed by atoms with van der Waals surface area (Å²) in [4.78, 5) is 23.7. The predicted molar refractivity (Wildman–Crippen MR) is 81.3 cm³/mol. The van der Waals surface area contributed by atoms with Crippen LogP contribution in [0.3, 0.4) is 0 Å². The first-order valence-electron chi connectivity index (χ1n) is 6.57. The van der Waals surface area contributed by atoms with Crippen molar-refractivity contribution < 1.29 is 19.4 Å². The summed E-state index contributed by atoms with van der Waals surface area (Å²) in [6.07, 6.45) is -0.933. The standard InChI is InChI=1S/C17H11ClO4/c18-12-8-6-11(7-9-12)16-13(15(20)17(21)22-16)14(19)10-4-2-1-3-5-10/h1-9,16,19H/b14-13-. The largest absolute Gasteiger partial charge is 0.507 e. The zero-order chi connectivity index (χ0) is 15.7. The van der Waals surface area contributed by atoms with Crippen LogP contribution in [0, 0.1) is 0 Å². The minimum Gasteiger partial charge on any atom is -0.507 e. The first-order valence-corrected chi connectivity index (χ1v) is 6.95. The Morgan fingerprint density at radius 3 is 2.27 bits per heavy atom. The van der Waals surface area contributed by atoms with Crippen molar-refractivity contribution in [3.8, 4) is 0 Å². The highest BCUT2D eigenvalue weighted by Crippen LogP contribution is 2.37. The van der Waals surface area contributed by atoms with Crippen LogP contribution in [0.2, 0.25) is 5.02 Å². The summed E-state index contributed by atoms with van der Waals surface area (Å²) in [6, 6.07) is 15.1. The molecule has 1 aliphatic rings. The molecule has 110 valence electrons. The van der Waals surface area contributed by atoms with E-state index in [1.165, 1.54) is 0 Å². The smallest absolute Gasteiger partial charge is 0.380 e. The molecule has 2 aromatic rings. The normalized spacial score (nSPS) is 20.0. The summed E-state index contributed by atoms with van der Waals surface area (Å²) in [5, 5.41) is 10.9. The van der Waals surface area contributed by atoms with Crippen LogP contribution in [0.5, 0.6) is 0 Å². The Morgan fingerprint density at radius 1 is 1.00 bits per heavy atom. The van der Waals surface area contributed by atoms with Gasteiger partial charge >= 0.3 is 5.97 Å². The third-order valence-electron chi connectivity index (χ3n) is 3.39. The zero-order valence-corrected chi connectivity index (χ0v) is 12.1. The molecule has 1 N–H and O–H groups in total. The van der Waals surface area contributed by atoms with Crippen molar-refractivity contribution in [3.63, 3.8) is 0 Å². The van der Waals surface area contributed by atoms with E-state index in [0.717, 1.165) is 0 Å². The third-order valence-corrected chi connectivity index (χ3v) is 3.64. The van der Waals surface area contributed by atoms with E-state index in [1.807, 2.05) is 0 Å². The van der Waals surface area contributed by atoms with E-state index in [0.29, 0.717) is 16.1 Å². The van der Waals surface area contributed by atoms with Crippen LogP contribution < -0.4 is 0 Å². The monoisotopic (exact) mass is 314 g/mol. The number of hydrogen-bond acceptors (Lipinski definition) is 4. The number of ketones is 1. The van der Waals surface area contributed by atoms with Crippen molar-refractivity contribution in [1.29, 1.82) is 0 Å². The van der Waals surface area contributed by atoms with Crippen LogP contribution in [0.15, 0.2) is 60.2 Å². The van der Waals surface area contributed by atoms with Gasteiger partial charge in [0.15, 0.2) is 6.10 Å². The third kappa shape index (κ3) is 2.49. The molecule has 0 spiro atoms. The highest BCUT2D eigenvalue weighted by Gasteiger charge is 2.42. The van der Waals surface area contributed by atoms with Crippen LogP contribution in [-0.4, -0.2) is 16.9 Å². The van der Waals surface area contributed by atoms with Crippen molar-refractivity contribution in [1.82, 2.24) is 0 Å². The minimum absolute atomic E-state index is 0.0569. The number of hydrogen-bond donors (Lipinski definition) is 1. The number of rotatable bonds is 2. The van der Waals surface area contributed by atoms with Crippen LogP contribution >= 0.6 is 11.6 Å². The Balaban J connectivity index is 2.11. The Morgan fingerprint density at radius 2 is 1.64 bits per heavy atom. The molecule has 1 atom stereocenters. The highest BCUT2D eigenvalue weighted by molar-refractivity contribution is 6.44. The van der Waals surface area contributed by atoms with Crippen molar-refractivity contribution in [2.24, 2.45) is 0 Å². The fraction of sp³-hybridized carbons (Fsp3) is 0.0588. The summed E-state index contributed by atoms with van der Waals surface area (Å²) >= 11 is 5.83. The molecule has 0 aliphatic carbocycles. The average molecular weight is 315 g/mol. The van der Waals surface area contributed by atoms with E-state index in [4.69, 9.17) is 16.3 Å². The molecule has 22 heavy (non-hydrogen) atoms. The van der Waals surface area contributed by atoms with Gasteiger partial charge in [-0.25, -0.2) is 4.79 Å². The van der Waals surface area contributed by atoms with E-state index >= 15 is 0 Å². The van der Waals surface area contributed by atoms with Crippen LogP contribution in [0.25, 0.3) is 5.76 Å². The summed E-state index contributed by atoms with van der Waals surface area (Å²) in [5.74, 6) is -2.06. The summed E-state index contributed by atoms with van der Waals surface area (Å²) in [7, 11) is 0. The quantitative estimate of drug-likeness (QED) is 0.399. The lowest BCUT2D eigenvalue weighted by Crippen LogP contribution is -2.08. The summed E-state index contributed by atoms with van der Waals surface area (Å²) < 4.78 is 5.11. The van der Waals surface area contributed by atoms with Gasteiger partial charge in [0.25, 0.3) is 5.78 Å². The average Bonchev–Trinajstić information content (AvgIpc) is 2.84. The number of ether oxygens (including phenoxy) is 1. The molecule has 3 rings (SSSR count). The molecule has 0 radical (unpaired) electrons. The molecule has 2 aromatic carbocycles. The maximum Gasteiger partial charge on any atom is 0.380 e. The van der Waals surface area contributed by atoms with Crippen LogP contribution in [0.4, 0.5) is 0 Å². The van der Waals surface area contributed by atoms with Crippen molar-refractivity contribution in [2.75, 3.05) is 0 Å². The zero-order valence-electron chi connectivity index (χ0n) is 11.3. The number of aliphatic hydroxyl groups excluding tert-OH is 1. The topological polar surface area (TPSA) is 63.6 Å². The van der Waals surface area contributed by atoms with Gasteiger partial charge in [-0.2, -0.15) is 0 Å². The van der Waals surface area contributed by atoms with E-state index in [9.17, 15) is 14.7 Å². The van der Waals surface area contributed by atoms with Crippen molar-refractivity contribution in [2.45, 2.75) is 6.10 Å². The Kier molecular flexibility index (Phi) is 3.69. The van der Waals surface area contributed by atoms with Gasteiger partial charge in [0.2, 0.25) is 0 Å². The van der Waals surface area contributed by atoms with Crippen molar-refractivity contribution in [3.05, 3.63) is 76.3 Å². The molecule has 0 amide bonds. The van der Waals surface area contributed by atoms with E-state index < -0.39 is 17.9 Å². The van der Waals surface area contributed by atoms with Gasteiger partial charge in [-0.15, -0.1) is 0 Å². The first-order chi connectivity index (χ1) is 10.6. The van der Waals surface area contributed by atoms with Crippen LogP contribution in [0.1, 0.15) is 17.2 Å². The molecular formula is C17H11ClO4. The number of benzene rings is 2. The lowest BCUT2D eigenvalue weighted by Gasteiger charge is -2.12. The Labute approximate surface area is 131 Å². The van der Waals surface area contributed by atoms with Gasteiger partial charge in [-0.1, -0.05) is 54.1 Å². The molecule has 1 heterocycles. The van der Waals surface area contributed by atoms with Crippen molar-refractivity contribution >= 4 is 29.1 Å². The predicted octanol–water partition coefficient (Wildman–Crippen LogP) is 3.48. The molecule has 5 heteroatoms. The molecule has 1 fully saturated rings. The maximum absolute atomic E-state index is 12.1. The van der Waals surface area contributed by atoms with Gasteiger partial charge in [0, 0.05) is 10.6 Å². The molecule has 1 aliphatic heterocycles. The van der Waals surface area contributed by atoms with Gasteiger partial charge in [-0.05, 0) is 17.7 Å². The second-order valence-electron chi connectivity index (χ2n) is 4.79. The fourth-order valence-electron chi connectivity index (χ4n) is 2.30. The number of cyclic esters (lactones) is 1. The first kappa shape index (κ1) is 14.4. The molecule has 0 aromatic heterocycles. The summed E-state index contributed by atoms with van der Waals surface area (Å²) in [6.45, 7) is 0. The number of carbonyl (C=O) groups excluding carboxylic acids is 2. The van der Waals surface area contributed by atoms with Crippen LogP contribution in [-0.2, 0) is 14.3 Å². The molecule has 0 bridgehead atoms. The van der Waals surface area contributed by atoms with Gasteiger partial charge in [0.1, 0.15) is 5.76 Å². The Bertz CT molecular complexity index is 763. The number of Topliss-reactive ketones (excluding diaryl/α,β-unsaturated/α-hetero) is 1. The van der Waals surface area contributed by atoms with E-state index in [-0.39, 0.29) is 11.3 Å². The van der Waals surface area contributed by atoms with Gasteiger partial charge in [-0.3, -0.25) is 4.79 Å². The molecular weight excluding hydrogens is 304 g/mol. The molecule has 0 saturated carbocycles. The lowest BCUT2D eigenvalue weighted by atomic mass is 9.97. The Hall–Kier alpha value is -2.59. The summed E-state index contributed by atoms with van der Waals surface area (Å²) in [5.41, 5.74) is 0.961. The highest BCUT2D eigenvalue weighted by atomic mass is 35.5.